The van der Waals surface area contributed by atoms with E-state index in [0.717, 1.165) is 13.1 Å². The fourth-order valence-corrected chi connectivity index (χ4v) is 2.95. The fraction of sp³-hybridized carbons (Fsp3) is 1.00. The Labute approximate surface area is 96.4 Å². The van der Waals surface area contributed by atoms with Crippen molar-refractivity contribution in [3.63, 3.8) is 0 Å². The topological polar surface area (TPSA) is 15.3 Å². The summed E-state index contributed by atoms with van der Waals surface area (Å²) in [5, 5.41) is 3.50. The van der Waals surface area contributed by atoms with Crippen LogP contribution in [-0.2, 0) is 0 Å². The normalized spacial score (nSPS) is 18.2. The number of nitrogens with zero attached hydrogens (tertiary/aromatic N) is 1. The molecule has 0 aliphatic rings. The first-order valence-corrected chi connectivity index (χ1v) is 6.40. The molecule has 0 saturated carbocycles. The fourth-order valence-electron chi connectivity index (χ4n) is 2.95. The largest absolute Gasteiger partial charge is 0.315 e. The van der Waals surface area contributed by atoms with Crippen molar-refractivity contribution in [1.29, 1.82) is 0 Å². The summed E-state index contributed by atoms with van der Waals surface area (Å²) >= 11 is 0. The van der Waals surface area contributed by atoms with Gasteiger partial charge in [0.15, 0.2) is 0 Å². The summed E-state index contributed by atoms with van der Waals surface area (Å²) in [5.41, 5.74) is 0.270. The molecule has 0 aliphatic heterocycles. The number of hydrogen-bond donors (Lipinski definition) is 1. The first-order chi connectivity index (χ1) is 6.97. The van der Waals surface area contributed by atoms with Gasteiger partial charge in [0.2, 0.25) is 0 Å². The summed E-state index contributed by atoms with van der Waals surface area (Å²) in [4.78, 5) is 2.58. The molecule has 2 unspecified atom stereocenters. The Hall–Kier alpha value is -0.0800. The first kappa shape index (κ1) is 14.9. The lowest BCUT2D eigenvalue weighted by atomic mass is 9.81. The van der Waals surface area contributed by atoms with Gasteiger partial charge in [-0.1, -0.05) is 34.6 Å². The SMILES string of the molecule is CCN(CC)C(C)(CC)C(NC)C(C)C. The summed E-state index contributed by atoms with van der Waals surface area (Å²) in [6.07, 6.45) is 1.19. The highest BCUT2D eigenvalue weighted by molar-refractivity contribution is 4.96. The van der Waals surface area contributed by atoms with Gasteiger partial charge in [-0.05, 0) is 39.4 Å². The quantitative estimate of drug-likeness (QED) is 0.701. The summed E-state index contributed by atoms with van der Waals surface area (Å²) in [7, 11) is 2.09. The van der Waals surface area contributed by atoms with Crippen molar-refractivity contribution < 1.29 is 0 Å². The standard InChI is InChI=1S/C13H30N2/c1-8-13(6,15(9-2)10-3)12(14-7)11(4)5/h11-12,14H,8-10H2,1-7H3. The summed E-state index contributed by atoms with van der Waals surface area (Å²) in [6.45, 7) is 16.1. The van der Waals surface area contributed by atoms with Crippen LogP contribution in [0.1, 0.15) is 48.0 Å². The Balaban J connectivity index is 4.93. The zero-order chi connectivity index (χ0) is 12.1. The molecule has 2 atom stereocenters. The minimum Gasteiger partial charge on any atom is -0.315 e. The second kappa shape index (κ2) is 6.49. The van der Waals surface area contributed by atoms with E-state index in [1.807, 2.05) is 0 Å². The Morgan fingerprint density at radius 2 is 1.60 bits per heavy atom. The first-order valence-electron chi connectivity index (χ1n) is 6.40. The molecule has 0 heterocycles. The van der Waals surface area contributed by atoms with Gasteiger partial charge in [0.1, 0.15) is 0 Å². The average Bonchev–Trinajstić information content (AvgIpc) is 2.19. The third-order valence-corrected chi connectivity index (χ3v) is 3.85. The Bertz CT molecular complexity index is 164. The minimum atomic E-state index is 0.270. The van der Waals surface area contributed by atoms with Crippen LogP contribution in [0, 0.1) is 5.92 Å². The molecule has 0 fully saturated rings. The van der Waals surface area contributed by atoms with Crippen LogP contribution in [0.25, 0.3) is 0 Å². The molecular formula is C13H30N2. The van der Waals surface area contributed by atoms with E-state index in [-0.39, 0.29) is 5.54 Å². The zero-order valence-corrected chi connectivity index (χ0v) is 11.7. The molecule has 15 heavy (non-hydrogen) atoms. The van der Waals surface area contributed by atoms with Crippen molar-refractivity contribution in [3.8, 4) is 0 Å². The van der Waals surface area contributed by atoms with Crippen LogP contribution in [0.5, 0.6) is 0 Å². The third kappa shape index (κ3) is 3.18. The Kier molecular flexibility index (Phi) is 6.46. The Morgan fingerprint density at radius 3 is 1.80 bits per heavy atom. The summed E-state index contributed by atoms with van der Waals surface area (Å²) in [6, 6.07) is 0.558. The smallest absolute Gasteiger partial charge is 0.0333 e. The van der Waals surface area contributed by atoms with Crippen LogP contribution >= 0.6 is 0 Å². The van der Waals surface area contributed by atoms with Gasteiger partial charge in [0.25, 0.3) is 0 Å². The molecule has 0 rings (SSSR count). The molecule has 0 aromatic carbocycles. The van der Waals surface area contributed by atoms with E-state index < -0.39 is 0 Å². The van der Waals surface area contributed by atoms with E-state index >= 15 is 0 Å². The van der Waals surface area contributed by atoms with E-state index in [4.69, 9.17) is 0 Å². The molecule has 0 saturated heterocycles. The summed E-state index contributed by atoms with van der Waals surface area (Å²) in [5.74, 6) is 0.667. The molecule has 0 aliphatic carbocycles. The van der Waals surface area contributed by atoms with Gasteiger partial charge < -0.3 is 5.32 Å². The highest BCUT2D eigenvalue weighted by Crippen LogP contribution is 2.27. The minimum absolute atomic E-state index is 0.270. The molecular weight excluding hydrogens is 184 g/mol. The summed E-state index contributed by atoms with van der Waals surface area (Å²) < 4.78 is 0. The molecule has 0 bridgehead atoms. The number of nitrogens with one attached hydrogen (secondary N) is 1. The van der Waals surface area contributed by atoms with Crippen LogP contribution in [-0.4, -0.2) is 36.6 Å². The average molecular weight is 214 g/mol. The lowest BCUT2D eigenvalue weighted by molar-refractivity contribution is 0.0553. The van der Waals surface area contributed by atoms with E-state index in [0.29, 0.717) is 12.0 Å². The molecule has 0 aromatic heterocycles. The maximum Gasteiger partial charge on any atom is 0.0333 e. The van der Waals surface area contributed by atoms with Crippen LogP contribution in [0.4, 0.5) is 0 Å². The van der Waals surface area contributed by atoms with Crippen molar-refractivity contribution in [1.82, 2.24) is 10.2 Å². The highest BCUT2D eigenvalue weighted by Gasteiger charge is 2.37. The Morgan fingerprint density at radius 1 is 1.13 bits per heavy atom. The molecule has 0 amide bonds. The van der Waals surface area contributed by atoms with Gasteiger partial charge in [-0.3, -0.25) is 4.90 Å². The van der Waals surface area contributed by atoms with E-state index in [2.05, 4.69) is 58.8 Å². The van der Waals surface area contributed by atoms with Crippen LogP contribution < -0.4 is 5.32 Å². The van der Waals surface area contributed by atoms with Gasteiger partial charge in [-0.25, -0.2) is 0 Å². The van der Waals surface area contributed by atoms with E-state index in [1.54, 1.807) is 0 Å². The maximum absolute atomic E-state index is 3.50. The molecule has 92 valence electrons. The number of rotatable bonds is 7. The van der Waals surface area contributed by atoms with Crippen molar-refractivity contribution in [2.45, 2.75) is 59.5 Å². The third-order valence-electron chi connectivity index (χ3n) is 3.85. The van der Waals surface area contributed by atoms with Crippen LogP contribution in [0.3, 0.4) is 0 Å². The molecule has 2 heteroatoms. The number of likely N-dealkylation sites (N-methyl/N-ethyl adjacent to an activating group) is 2. The zero-order valence-electron chi connectivity index (χ0n) is 11.7. The second-order valence-electron chi connectivity index (χ2n) is 4.89. The molecule has 0 aromatic rings. The van der Waals surface area contributed by atoms with Crippen molar-refractivity contribution >= 4 is 0 Å². The molecule has 1 N–H and O–H groups in total. The molecule has 0 spiro atoms. The lowest BCUT2D eigenvalue weighted by Gasteiger charge is -2.47. The molecule has 0 radical (unpaired) electrons. The maximum atomic E-state index is 3.50. The van der Waals surface area contributed by atoms with Crippen molar-refractivity contribution in [2.75, 3.05) is 20.1 Å². The van der Waals surface area contributed by atoms with Crippen LogP contribution in [0.2, 0.25) is 0 Å². The van der Waals surface area contributed by atoms with E-state index in [1.165, 1.54) is 6.42 Å². The van der Waals surface area contributed by atoms with Gasteiger partial charge in [0.05, 0.1) is 0 Å². The van der Waals surface area contributed by atoms with Gasteiger partial charge in [-0.15, -0.1) is 0 Å². The van der Waals surface area contributed by atoms with Gasteiger partial charge >= 0.3 is 0 Å². The van der Waals surface area contributed by atoms with Crippen molar-refractivity contribution in [3.05, 3.63) is 0 Å². The predicted molar refractivity (Wildman–Crippen MR) is 69.3 cm³/mol. The van der Waals surface area contributed by atoms with Crippen LogP contribution in [0.15, 0.2) is 0 Å². The molecule has 2 nitrogen and oxygen atoms in total. The van der Waals surface area contributed by atoms with Crippen molar-refractivity contribution in [2.24, 2.45) is 5.92 Å². The second-order valence-corrected chi connectivity index (χ2v) is 4.89. The highest BCUT2D eigenvalue weighted by atomic mass is 15.2. The predicted octanol–water partition coefficient (Wildman–Crippen LogP) is 2.74. The number of hydrogen-bond acceptors (Lipinski definition) is 2. The van der Waals surface area contributed by atoms with Gasteiger partial charge in [-0.2, -0.15) is 0 Å². The lowest BCUT2D eigenvalue weighted by Crippen LogP contribution is -2.60. The van der Waals surface area contributed by atoms with E-state index in [9.17, 15) is 0 Å². The monoisotopic (exact) mass is 214 g/mol. The van der Waals surface area contributed by atoms with Gasteiger partial charge in [0, 0.05) is 11.6 Å².